The Balaban J connectivity index is 2.74. The highest BCUT2D eigenvalue weighted by molar-refractivity contribution is 5.79. The molecule has 0 bridgehead atoms. The third-order valence-corrected chi connectivity index (χ3v) is 1.12. The van der Waals surface area contributed by atoms with Crippen molar-refractivity contribution in [3.05, 3.63) is 18.1 Å². The lowest BCUT2D eigenvalue weighted by Gasteiger charge is -1.97. The van der Waals surface area contributed by atoms with Crippen LogP contribution in [0.15, 0.2) is 16.7 Å². The molecule has 0 aliphatic rings. The fourth-order valence-electron chi connectivity index (χ4n) is 0.634. The number of hydrogen-bond acceptors (Lipinski definition) is 5. The topological polar surface area (TPSA) is 76.7 Å². The van der Waals surface area contributed by atoms with Gasteiger partial charge in [-0.15, -0.1) is 0 Å². The lowest BCUT2D eigenvalue weighted by Crippen LogP contribution is -2.12. The zero-order valence-electron chi connectivity index (χ0n) is 6.02. The van der Waals surface area contributed by atoms with Crippen LogP contribution >= 0.6 is 0 Å². The van der Waals surface area contributed by atoms with Gasteiger partial charge in [0.25, 0.3) is 0 Å². The molecule has 0 aliphatic heterocycles. The normalized spacial score (nSPS) is 9.42. The summed E-state index contributed by atoms with van der Waals surface area (Å²) in [4.78, 5) is 20.7. The first kappa shape index (κ1) is 8.48. The van der Waals surface area contributed by atoms with Crippen LogP contribution in [0, 0.1) is 0 Å². The maximum Gasteiger partial charge on any atom is 0.337 e. The van der Waals surface area contributed by atoms with E-state index >= 15 is 0 Å². The highest BCUT2D eigenvalue weighted by Gasteiger charge is 2.09. The van der Waals surface area contributed by atoms with Gasteiger partial charge in [-0.05, 0) is 0 Å². The largest absolute Gasteiger partial charge is 0.457 e. The Hall–Kier alpha value is -1.62. The quantitative estimate of drug-likeness (QED) is 0.510. The average Bonchev–Trinajstić information content (AvgIpc) is 2.51. The summed E-state index contributed by atoms with van der Waals surface area (Å²) in [5.41, 5.74) is 0. The number of rotatable bonds is 3. The molecule has 64 valence electrons. The minimum absolute atomic E-state index is 0.0176. The molecular weight excluding hydrogens is 164 g/mol. The van der Waals surface area contributed by atoms with Gasteiger partial charge in [-0.3, -0.25) is 4.79 Å². The van der Waals surface area contributed by atoms with Crippen molar-refractivity contribution < 1.29 is 23.8 Å². The van der Waals surface area contributed by atoms with Gasteiger partial charge < -0.3 is 14.3 Å². The summed E-state index contributed by atoms with van der Waals surface area (Å²) in [5.74, 6) is -0.889. The van der Waals surface area contributed by atoms with Crippen molar-refractivity contribution in [3.63, 3.8) is 0 Å². The average molecular weight is 170 g/mol. The standard InChI is InChI=1S/C7H6O5/c8-3-6-5(1-2-11-6)12-7(10)4-9/h1-3,9H,4H2. The molecule has 1 aromatic rings. The summed E-state index contributed by atoms with van der Waals surface area (Å²) in [6.07, 6.45) is 1.63. The minimum atomic E-state index is -0.834. The maximum atomic E-state index is 10.5. The predicted octanol–water partition coefficient (Wildman–Crippen LogP) is -0.0102. The van der Waals surface area contributed by atoms with Crippen molar-refractivity contribution in [1.29, 1.82) is 0 Å². The fraction of sp³-hybridized carbons (Fsp3) is 0.143. The Labute approximate surface area is 67.6 Å². The molecule has 1 aromatic heterocycles. The van der Waals surface area contributed by atoms with Gasteiger partial charge >= 0.3 is 5.97 Å². The predicted molar refractivity (Wildman–Crippen MR) is 36.8 cm³/mol. The van der Waals surface area contributed by atoms with Gasteiger partial charge in [0.2, 0.25) is 5.76 Å². The highest BCUT2D eigenvalue weighted by atomic mass is 16.6. The lowest BCUT2D eigenvalue weighted by atomic mass is 10.4. The Morgan fingerprint density at radius 1 is 1.75 bits per heavy atom. The summed E-state index contributed by atoms with van der Waals surface area (Å²) in [6.45, 7) is -0.733. The van der Waals surface area contributed by atoms with Crippen LogP contribution in [0.1, 0.15) is 10.6 Å². The van der Waals surface area contributed by atoms with E-state index in [4.69, 9.17) is 5.11 Å². The molecule has 0 fully saturated rings. The van der Waals surface area contributed by atoms with E-state index < -0.39 is 12.6 Å². The number of ether oxygens (including phenoxy) is 1. The van der Waals surface area contributed by atoms with E-state index in [1.165, 1.54) is 12.3 Å². The molecular formula is C7H6O5. The second-order valence-electron chi connectivity index (χ2n) is 1.90. The molecule has 0 amide bonds. The van der Waals surface area contributed by atoms with Crippen molar-refractivity contribution in [2.75, 3.05) is 6.61 Å². The molecule has 0 aliphatic carbocycles. The van der Waals surface area contributed by atoms with E-state index in [1.807, 2.05) is 0 Å². The van der Waals surface area contributed by atoms with Crippen molar-refractivity contribution in [2.24, 2.45) is 0 Å². The summed E-state index contributed by atoms with van der Waals surface area (Å²) in [7, 11) is 0. The second-order valence-corrected chi connectivity index (χ2v) is 1.90. The van der Waals surface area contributed by atoms with E-state index in [9.17, 15) is 9.59 Å². The molecule has 0 aromatic carbocycles. The van der Waals surface area contributed by atoms with Gasteiger partial charge in [0.15, 0.2) is 12.0 Å². The van der Waals surface area contributed by atoms with Gasteiger partial charge in [0.05, 0.1) is 6.26 Å². The Morgan fingerprint density at radius 2 is 2.50 bits per heavy atom. The van der Waals surface area contributed by atoms with Crippen molar-refractivity contribution in [3.8, 4) is 5.75 Å². The molecule has 1 heterocycles. The van der Waals surface area contributed by atoms with E-state index in [-0.39, 0.29) is 11.5 Å². The van der Waals surface area contributed by atoms with E-state index in [0.29, 0.717) is 6.29 Å². The molecule has 5 heteroatoms. The van der Waals surface area contributed by atoms with Gasteiger partial charge in [0.1, 0.15) is 6.61 Å². The van der Waals surface area contributed by atoms with Gasteiger partial charge in [-0.2, -0.15) is 0 Å². The number of carbonyl (C=O) groups excluding carboxylic acids is 2. The zero-order valence-corrected chi connectivity index (χ0v) is 6.02. The molecule has 5 nitrogen and oxygen atoms in total. The molecule has 0 radical (unpaired) electrons. The van der Waals surface area contributed by atoms with Crippen molar-refractivity contribution >= 4 is 12.3 Å². The van der Waals surface area contributed by atoms with Crippen LogP contribution in [-0.4, -0.2) is 24.0 Å². The Kier molecular flexibility index (Phi) is 2.60. The number of hydrogen-bond donors (Lipinski definition) is 1. The molecule has 1 rings (SSSR count). The Bertz CT molecular complexity index is 288. The first-order valence-electron chi connectivity index (χ1n) is 3.12. The highest BCUT2D eigenvalue weighted by Crippen LogP contribution is 2.17. The molecule has 12 heavy (non-hydrogen) atoms. The molecule has 0 atom stereocenters. The number of aliphatic hydroxyl groups is 1. The van der Waals surface area contributed by atoms with Crippen LogP contribution in [-0.2, 0) is 4.79 Å². The molecule has 1 N–H and O–H groups in total. The van der Waals surface area contributed by atoms with Crippen LogP contribution < -0.4 is 4.74 Å². The number of esters is 1. The monoisotopic (exact) mass is 170 g/mol. The summed E-state index contributed by atoms with van der Waals surface area (Å²) >= 11 is 0. The summed E-state index contributed by atoms with van der Waals surface area (Å²) < 4.78 is 9.14. The third-order valence-electron chi connectivity index (χ3n) is 1.12. The molecule has 0 saturated heterocycles. The molecule has 0 unspecified atom stereocenters. The van der Waals surface area contributed by atoms with E-state index in [0.717, 1.165) is 0 Å². The van der Waals surface area contributed by atoms with Crippen molar-refractivity contribution in [1.82, 2.24) is 0 Å². The SMILES string of the molecule is O=Cc1occc1OC(=O)CO. The molecule has 0 spiro atoms. The molecule has 0 saturated carbocycles. The van der Waals surface area contributed by atoms with Crippen LogP contribution in [0.4, 0.5) is 0 Å². The Morgan fingerprint density at radius 3 is 3.08 bits per heavy atom. The zero-order chi connectivity index (χ0) is 8.97. The first-order chi connectivity index (χ1) is 5.77. The van der Waals surface area contributed by atoms with Gasteiger partial charge in [-0.25, -0.2) is 4.79 Å². The minimum Gasteiger partial charge on any atom is -0.457 e. The second kappa shape index (κ2) is 3.68. The third kappa shape index (κ3) is 1.70. The first-order valence-corrected chi connectivity index (χ1v) is 3.12. The number of aliphatic hydroxyl groups excluding tert-OH is 1. The van der Waals surface area contributed by atoms with Gasteiger partial charge in [0, 0.05) is 6.07 Å². The summed E-state index contributed by atoms with van der Waals surface area (Å²) in [5, 5.41) is 8.30. The summed E-state index contributed by atoms with van der Waals surface area (Å²) in [6, 6.07) is 1.32. The van der Waals surface area contributed by atoms with Gasteiger partial charge in [-0.1, -0.05) is 0 Å². The van der Waals surface area contributed by atoms with Crippen LogP contribution in [0.25, 0.3) is 0 Å². The smallest absolute Gasteiger partial charge is 0.337 e. The van der Waals surface area contributed by atoms with Crippen LogP contribution in [0.2, 0.25) is 0 Å². The fourth-order valence-corrected chi connectivity index (χ4v) is 0.634. The number of furan rings is 1. The van der Waals surface area contributed by atoms with Crippen molar-refractivity contribution in [2.45, 2.75) is 0 Å². The number of aldehydes is 1. The van der Waals surface area contributed by atoms with E-state index in [1.54, 1.807) is 0 Å². The van der Waals surface area contributed by atoms with E-state index in [2.05, 4.69) is 9.15 Å². The van der Waals surface area contributed by atoms with Crippen LogP contribution in [0.3, 0.4) is 0 Å². The maximum absolute atomic E-state index is 10.5. The lowest BCUT2D eigenvalue weighted by molar-refractivity contribution is -0.137. The van der Waals surface area contributed by atoms with Crippen LogP contribution in [0.5, 0.6) is 5.75 Å². The number of carbonyl (C=O) groups is 2.